The summed E-state index contributed by atoms with van der Waals surface area (Å²) in [5.74, 6) is 0. The number of hydrogen-bond donors (Lipinski definition) is 0. The van der Waals surface area contributed by atoms with Gasteiger partial charge in [0, 0.05) is 75.7 Å². The van der Waals surface area contributed by atoms with Crippen molar-refractivity contribution >= 4 is 0 Å². The molecule has 0 aliphatic carbocycles. The van der Waals surface area contributed by atoms with E-state index in [0.29, 0.717) is 6.54 Å². The Morgan fingerprint density at radius 2 is 1.66 bits per heavy atom. The summed E-state index contributed by atoms with van der Waals surface area (Å²) in [5.41, 5.74) is 3.63. The molecular weight excluding hydrogens is 366 g/mol. The van der Waals surface area contributed by atoms with Gasteiger partial charge < -0.3 is 0 Å². The summed E-state index contributed by atoms with van der Waals surface area (Å²) in [6.45, 7) is 8.07. The van der Waals surface area contributed by atoms with Crippen LogP contribution in [0.5, 0.6) is 0 Å². The smallest absolute Gasteiger partial charge is 0.266 e. The van der Waals surface area contributed by atoms with Crippen molar-refractivity contribution in [1.82, 2.24) is 34.5 Å². The van der Waals surface area contributed by atoms with Crippen molar-refractivity contribution in [1.29, 1.82) is 0 Å². The molecular formula is C21H25N7O. The average molecular weight is 391 g/mol. The first kappa shape index (κ1) is 19.4. The predicted molar refractivity (Wildman–Crippen MR) is 110 cm³/mol. The second-order valence-electron chi connectivity index (χ2n) is 7.28. The van der Waals surface area contributed by atoms with Crippen LogP contribution in [0.1, 0.15) is 11.4 Å². The summed E-state index contributed by atoms with van der Waals surface area (Å²) in [6, 6.07) is 7.15. The summed E-state index contributed by atoms with van der Waals surface area (Å²) >= 11 is 0. The molecule has 0 saturated carbocycles. The largest absolute Gasteiger partial charge is 0.299 e. The number of pyridine rings is 1. The highest BCUT2D eigenvalue weighted by atomic mass is 16.1. The molecule has 3 aromatic heterocycles. The molecule has 8 nitrogen and oxygen atoms in total. The normalized spacial score (nSPS) is 15.5. The van der Waals surface area contributed by atoms with Crippen molar-refractivity contribution < 1.29 is 0 Å². The zero-order valence-corrected chi connectivity index (χ0v) is 16.6. The Hall–Kier alpha value is -2.97. The molecule has 1 saturated heterocycles. The van der Waals surface area contributed by atoms with Crippen molar-refractivity contribution in [3.63, 3.8) is 0 Å². The van der Waals surface area contributed by atoms with E-state index in [2.05, 4.69) is 29.9 Å². The zero-order chi connectivity index (χ0) is 20.1. The summed E-state index contributed by atoms with van der Waals surface area (Å²) in [5, 5.41) is 4.53. The summed E-state index contributed by atoms with van der Waals surface area (Å²) < 4.78 is 1.56. The van der Waals surface area contributed by atoms with Crippen molar-refractivity contribution in [3.05, 3.63) is 70.8 Å². The molecule has 3 aromatic rings. The number of aryl methyl sites for hydroxylation is 1. The lowest BCUT2D eigenvalue weighted by Crippen LogP contribution is -2.47. The molecule has 4 heterocycles. The average Bonchev–Trinajstić information content (AvgIpc) is 2.76. The van der Waals surface area contributed by atoms with E-state index in [-0.39, 0.29) is 5.56 Å². The molecule has 0 amide bonds. The fraction of sp³-hybridized carbons (Fsp3) is 0.381. The summed E-state index contributed by atoms with van der Waals surface area (Å²) in [7, 11) is 0. The van der Waals surface area contributed by atoms with Gasteiger partial charge in [-0.2, -0.15) is 5.10 Å². The zero-order valence-electron chi connectivity index (χ0n) is 16.6. The van der Waals surface area contributed by atoms with Gasteiger partial charge in [0.25, 0.3) is 5.56 Å². The topological polar surface area (TPSA) is 80.0 Å². The van der Waals surface area contributed by atoms with E-state index >= 15 is 0 Å². The van der Waals surface area contributed by atoms with E-state index in [1.807, 2.05) is 31.5 Å². The van der Waals surface area contributed by atoms with Gasteiger partial charge in [-0.15, -0.1) is 0 Å². The molecule has 8 heteroatoms. The second kappa shape index (κ2) is 9.02. The molecule has 0 spiro atoms. The van der Waals surface area contributed by atoms with Crippen LogP contribution >= 0.6 is 0 Å². The Morgan fingerprint density at radius 3 is 2.38 bits per heavy atom. The van der Waals surface area contributed by atoms with Gasteiger partial charge in [0.2, 0.25) is 0 Å². The number of piperazine rings is 1. The van der Waals surface area contributed by atoms with E-state index in [0.717, 1.165) is 61.9 Å². The first-order valence-corrected chi connectivity index (χ1v) is 9.88. The van der Waals surface area contributed by atoms with E-state index in [1.54, 1.807) is 29.2 Å². The Bertz CT molecular complexity index is 980. The summed E-state index contributed by atoms with van der Waals surface area (Å²) in [6.07, 6.45) is 7.13. The standard InChI is InChI=1S/C21H25N7O/c1-17-14-24-19(15-23-17)16-27-10-8-26(9-11-27)12-13-28-21(29)3-2-20(25-28)18-4-6-22-7-5-18/h2-7,14-15H,8-13,16H2,1H3. The molecule has 0 aromatic carbocycles. The molecule has 0 N–H and O–H groups in total. The third-order valence-corrected chi connectivity index (χ3v) is 5.16. The maximum absolute atomic E-state index is 12.2. The highest BCUT2D eigenvalue weighted by molar-refractivity contribution is 5.56. The predicted octanol–water partition coefficient (Wildman–Crippen LogP) is 1.22. The lowest BCUT2D eigenvalue weighted by atomic mass is 10.2. The molecule has 1 aliphatic rings. The first-order chi connectivity index (χ1) is 14.2. The van der Waals surface area contributed by atoms with Crippen LogP contribution in [-0.4, -0.2) is 67.3 Å². The van der Waals surface area contributed by atoms with Crippen molar-refractivity contribution in [3.8, 4) is 11.3 Å². The molecule has 0 atom stereocenters. The van der Waals surface area contributed by atoms with Crippen LogP contribution in [0.4, 0.5) is 0 Å². The quantitative estimate of drug-likeness (QED) is 0.625. The van der Waals surface area contributed by atoms with Crippen LogP contribution in [0, 0.1) is 6.92 Å². The molecule has 29 heavy (non-hydrogen) atoms. The number of nitrogens with zero attached hydrogens (tertiary/aromatic N) is 7. The van der Waals surface area contributed by atoms with Crippen LogP contribution in [0.15, 0.2) is 53.8 Å². The van der Waals surface area contributed by atoms with Crippen molar-refractivity contribution in [2.45, 2.75) is 20.0 Å². The van der Waals surface area contributed by atoms with Crippen LogP contribution in [0.25, 0.3) is 11.3 Å². The van der Waals surface area contributed by atoms with Gasteiger partial charge in [-0.3, -0.25) is 29.5 Å². The number of hydrogen-bond acceptors (Lipinski definition) is 7. The van der Waals surface area contributed by atoms with Gasteiger partial charge in [-0.1, -0.05) is 0 Å². The molecule has 0 radical (unpaired) electrons. The van der Waals surface area contributed by atoms with Crippen molar-refractivity contribution in [2.24, 2.45) is 0 Å². The Kier molecular flexibility index (Phi) is 6.02. The molecule has 4 rings (SSSR count). The lowest BCUT2D eigenvalue weighted by molar-refractivity contribution is 0.121. The van der Waals surface area contributed by atoms with Crippen molar-refractivity contribution in [2.75, 3.05) is 32.7 Å². The highest BCUT2D eigenvalue weighted by Crippen LogP contribution is 2.13. The Morgan fingerprint density at radius 1 is 0.897 bits per heavy atom. The SMILES string of the molecule is Cc1cnc(CN2CCN(CCn3nc(-c4ccncc4)ccc3=O)CC2)cn1. The lowest BCUT2D eigenvalue weighted by Gasteiger charge is -2.34. The fourth-order valence-corrected chi connectivity index (χ4v) is 3.42. The van der Waals surface area contributed by atoms with E-state index in [9.17, 15) is 4.79 Å². The molecule has 0 unspecified atom stereocenters. The Balaban J connectivity index is 1.30. The minimum atomic E-state index is -0.0700. The van der Waals surface area contributed by atoms with Gasteiger partial charge >= 0.3 is 0 Å². The molecule has 0 bridgehead atoms. The van der Waals surface area contributed by atoms with Gasteiger partial charge in [-0.05, 0) is 25.1 Å². The van der Waals surface area contributed by atoms with Crippen LogP contribution < -0.4 is 5.56 Å². The highest BCUT2D eigenvalue weighted by Gasteiger charge is 2.17. The molecule has 1 aliphatic heterocycles. The van der Waals surface area contributed by atoms with Crippen LogP contribution in [-0.2, 0) is 13.1 Å². The van der Waals surface area contributed by atoms with Gasteiger partial charge in [0.05, 0.1) is 23.6 Å². The van der Waals surface area contributed by atoms with E-state index < -0.39 is 0 Å². The molecule has 150 valence electrons. The third-order valence-electron chi connectivity index (χ3n) is 5.16. The minimum Gasteiger partial charge on any atom is -0.299 e. The maximum Gasteiger partial charge on any atom is 0.266 e. The van der Waals surface area contributed by atoms with Gasteiger partial charge in [-0.25, -0.2) is 4.68 Å². The summed E-state index contributed by atoms with van der Waals surface area (Å²) in [4.78, 5) is 29.8. The van der Waals surface area contributed by atoms with Crippen LogP contribution in [0.2, 0.25) is 0 Å². The second-order valence-corrected chi connectivity index (χ2v) is 7.28. The van der Waals surface area contributed by atoms with E-state index in [1.165, 1.54) is 0 Å². The maximum atomic E-state index is 12.2. The monoisotopic (exact) mass is 391 g/mol. The molecule has 1 fully saturated rings. The van der Waals surface area contributed by atoms with E-state index in [4.69, 9.17) is 0 Å². The first-order valence-electron chi connectivity index (χ1n) is 9.88. The van der Waals surface area contributed by atoms with Crippen LogP contribution in [0.3, 0.4) is 0 Å². The van der Waals surface area contributed by atoms with Gasteiger partial charge in [0.15, 0.2) is 0 Å². The fourth-order valence-electron chi connectivity index (χ4n) is 3.42. The number of aromatic nitrogens is 5. The van der Waals surface area contributed by atoms with Gasteiger partial charge in [0.1, 0.15) is 0 Å². The minimum absolute atomic E-state index is 0.0700. The number of rotatable bonds is 6. The third kappa shape index (κ3) is 5.10. The Labute approximate surface area is 169 Å².